The van der Waals surface area contributed by atoms with Gasteiger partial charge in [0.25, 0.3) is 0 Å². The van der Waals surface area contributed by atoms with E-state index in [1.54, 1.807) is 26.3 Å². The van der Waals surface area contributed by atoms with Crippen molar-refractivity contribution in [1.29, 1.82) is 0 Å². The molecule has 4 nitrogen and oxygen atoms in total. The number of aryl methyl sites for hydroxylation is 1. The molecule has 88 valence electrons. The van der Waals surface area contributed by atoms with Gasteiger partial charge in [-0.25, -0.2) is 0 Å². The van der Waals surface area contributed by atoms with Crippen molar-refractivity contribution in [2.45, 2.75) is 6.92 Å². The number of carbonyl (C=O) groups excluding carboxylic acids is 1. The van der Waals surface area contributed by atoms with E-state index in [0.29, 0.717) is 10.8 Å². The summed E-state index contributed by atoms with van der Waals surface area (Å²) in [6, 6.07) is 3.49. The number of ether oxygens (including phenoxy) is 1. The summed E-state index contributed by atoms with van der Waals surface area (Å²) in [5.41, 5.74) is 6.95. The third-order valence-corrected chi connectivity index (χ3v) is 2.68. The largest absolute Gasteiger partial charge is 0.495 e. The molecule has 0 saturated heterocycles. The molecule has 1 aromatic carbocycles. The average Bonchev–Trinajstić information content (AvgIpc) is 2.29. The van der Waals surface area contributed by atoms with E-state index in [9.17, 15) is 4.79 Å². The molecule has 0 unspecified atom stereocenters. The van der Waals surface area contributed by atoms with Crippen molar-refractivity contribution in [3.05, 3.63) is 22.7 Å². The lowest BCUT2D eigenvalue weighted by molar-refractivity contribution is -0.117. The van der Waals surface area contributed by atoms with Gasteiger partial charge in [0.2, 0.25) is 5.91 Å². The molecule has 5 heteroatoms. The number of methoxy groups -OCH3 is 1. The van der Waals surface area contributed by atoms with Crippen LogP contribution in [0.15, 0.2) is 12.1 Å². The second-order valence-electron chi connectivity index (χ2n) is 3.43. The van der Waals surface area contributed by atoms with Crippen LogP contribution < -0.4 is 15.4 Å². The number of amides is 1. The highest BCUT2D eigenvalue weighted by molar-refractivity contribution is 6.32. The van der Waals surface area contributed by atoms with E-state index in [4.69, 9.17) is 22.1 Å². The number of rotatable bonds is 3. The first-order valence-corrected chi connectivity index (χ1v) is 5.19. The number of hydrogen-bond donors (Lipinski definition) is 1. The smallest absolute Gasteiger partial charge is 0.240 e. The number of hydrogen-bond acceptors (Lipinski definition) is 3. The summed E-state index contributed by atoms with van der Waals surface area (Å²) in [4.78, 5) is 12.9. The van der Waals surface area contributed by atoms with Crippen LogP contribution in [0.2, 0.25) is 5.02 Å². The molecule has 0 radical (unpaired) electrons. The zero-order valence-electron chi connectivity index (χ0n) is 9.58. The van der Waals surface area contributed by atoms with Crippen LogP contribution >= 0.6 is 11.6 Å². The van der Waals surface area contributed by atoms with Crippen molar-refractivity contribution in [3.63, 3.8) is 0 Å². The molecule has 2 N–H and O–H groups in total. The standard InChI is InChI=1S/C11H15ClN2O2/c1-7-4-10(16-3)8(12)5-9(7)14(2)11(15)6-13/h4-5H,6,13H2,1-3H3. The van der Waals surface area contributed by atoms with Crippen molar-refractivity contribution in [3.8, 4) is 5.75 Å². The molecule has 0 atom stereocenters. The van der Waals surface area contributed by atoms with Gasteiger partial charge in [-0.15, -0.1) is 0 Å². The maximum atomic E-state index is 11.5. The normalized spacial score (nSPS) is 10.1. The number of benzene rings is 1. The predicted molar refractivity (Wildman–Crippen MR) is 65.2 cm³/mol. The minimum Gasteiger partial charge on any atom is -0.495 e. The van der Waals surface area contributed by atoms with Crippen molar-refractivity contribution < 1.29 is 9.53 Å². The molecular formula is C11H15ClN2O2. The molecule has 0 aromatic heterocycles. The Hall–Kier alpha value is -1.26. The van der Waals surface area contributed by atoms with Gasteiger partial charge in [0.1, 0.15) is 5.75 Å². The van der Waals surface area contributed by atoms with Gasteiger partial charge >= 0.3 is 0 Å². The van der Waals surface area contributed by atoms with Gasteiger partial charge in [0.05, 0.1) is 18.7 Å². The quantitative estimate of drug-likeness (QED) is 0.876. The second kappa shape index (κ2) is 5.18. The lowest BCUT2D eigenvalue weighted by atomic mass is 10.1. The monoisotopic (exact) mass is 242 g/mol. The summed E-state index contributed by atoms with van der Waals surface area (Å²) in [6.45, 7) is 1.86. The van der Waals surface area contributed by atoms with Crippen LogP contribution in [0.25, 0.3) is 0 Å². The van der Waals surface area contributed by atoms with Crippen LogP contribution in [0.3, 0.4) is 0 Å². The summed E-state index contributed by atoms with van der Waals surface area (Å²) >= 11 is 6.00. The highest BCUT2D eigenvalue weighted by Crippen LogP contribution is 2.32. The van der Waals surface area contributed by atoms with Crippen molar-refractivity contribution in [2.24, 2.45) is 5.73 Å². The van der Waals surface area contributed by atoms with E-state index in [0.717, 1.165) is 11.3 Å². The Balaban J connectivity index is 3.15. The Morgan fingerprint density at radius 1 is 1.56 bits per heavy atom. The highest BCUT2D eigenvalue weighted by atomic mass is 35.5. The van der Waals surface area contributed by atoms with Crippen LogP contribution in [0, 0.1) is 6.92 Å². The number of nitrogens with zero attached hydrogens (tertiary/aromatic N) is 1. The van der Waals surface area contributed by atoms with Crippen LogP contribution in [0.1, 0.15) is 5.56 Å². The van der Waals surface area contributed by atoms with Crippen LogP contribution in [0.4, 0.5) is 5.69 Å². The molecule has 0 spiro atoms. The lowest BCUT2D eigenvalue weighted by Gasteiger charge is -2.20. The molecule has 0 fully saturated rings. The van der Waals surface area contributed by atoms with Gasteiger partial charge in [0.15, 0.2) is 0 Å². The first-order chi connectivity index (χ1) is 7.51. The van der Waals surface area contributed by atoms with Gasteiger partial charge in [-0.3, -0.25) is 4.79 Å². The van der Waals surface area contributed by atoms with Gasteiger partial charge < -0.3 is 15.4 Å². The Labute approximate surface area is 99.9 Å². The van der Waals surface area contributed by atoms with Crippen molar-refractivity contribution >= 4 is 23.2 Å². The number of carbonyl (C=O) groups is 1. The number of anilines is 1. The summed E-state index contributed by atoms with van der Waals surface area (Å²) in [5, 5.41) is 0.472. The fourth-order valence-corrected chi connectivity index (χ4v) is 1.67. The molecule has 0 aliphatic heterocycles. The van der Waals surface area contributed by atoms with Gasteiger partial charge in [-0.2, -0.15) is 0 Å². The Morgan fingerprint density at radius 2 is 2.19 bits per heavy atom. The molecule has 1 amide bonds. The van der Waals surface area contributed by atoms with Crippen molar-refractivity contribution in [1.82, 2.24) is 0 Å². The van der Waals surface area contributed by atoms with E-state index in [-0.39, 0.29) is 12.5 Å². The van der Waals surface area contributed by atoms with Gasteiger partial charge in [-0.1, -0.05) is 11.6 Å². The average molecular weight is 243 g/mol. The maximum Gasteiger partial charge on any atom is 0.240 e. The zero-order chi connectivity index (χ0) is 12.3. The van der Waals surface area contributed by atoms with Crippen molar-refractivity contribution in [2.75, 3.05) is 25.6 Å². The number of likely N-dealkylation sites (N-methyl/N-ethyl adjacent to an activating group) is 1. The highest BCUT2D eigenvalue weighted by Gasteiger charge is 2.14. The SMILES string of the molecule is COc1cc(C)c(N(C)C(=O)CN)cc1Cl. The van der Waals surface area contributed by atoms with E-state index in [1.165, 1.54) is 4.90 Å². The first-order valence-electron chi connectivity index (χ1n) is 4.82. The summed E-state index contributed by atoms with van der Waals surface area (Å²) in [7, 11) is 3.22. The third-order valence-electron chi connectivity index (χ3n) is 2.38. The van der Waals surface area contributed by atoms with E-state index in [2.05, 4.69) is 0 Å². The van der Waals surface area contributed by atoms with E-state index >= 15 is 0 Å². The fourth-order valence-electron chi connectivity index (χ4n) is 1.43. The van der Waals surface area contributed by atoms with E-state index in [1.807, 2.05) is 6.92 Å². The Kier molecular flexibility index (Phi) is 4.15. The Bertz CT molecular complexity index is 407. The molecule has 0 aliphatic carbocycles. The minimum atomic E-state index is -0.163. The fraction of sp³-hybridized carbons (Fsp3) is 0.364. The summed E-state index contributed by atoms with van der Waals surface area (Å²) in [6.07, 6.45) is 0. The molecule has 1 rings (SSSR count). The number of nitrogens with two attached hydrogens (primary N) is 1. The molecule has 0 saturated carbocycles. The molecular weight excluding hydrogens is 228 g/mol. The van der Waals surface area contributed by atoms with Crippen LogP contribution in [-0.4, -0.2) is 26.6 Å². The van der Waals surface area contributed by atoms with E-state index < -0.39 is 0 Å². The second-order valence-corrected chi connectivity index (χ2v) is 3.84. The predicted octanol–water partition coefficient (Wildman–Crippen LogP) is 1.58. The zero-order valence-corrected chi connectivity index (χ0v) is 10.3. The van der Waals surface area contributed by atoms with Crippen LogP contribution in [0.5, 0.6) is 5.75 Å². The number of halogens is 1. The Morgan fingerprint density at radius 3 is 2.69 bits per heavy atom. The first kappa shape index (κ1) is 12.8. The van der Waals surface area contributed by atoms with Gasteiger partial charge in [0, 0.05) is 12.7 Å². The third kappa shape index (κ3) is 2.46. The lowest BCUT2D eigenvalue weighted by Crippen LogP contribution is -2.32. The molecule has 0 aliphatic rings. The topological polar surface area (TPSA) is 55.6 Å². The maximum absolute atomic E-state index is 11.5. The minimum absolute atomic E-state index is 0.0282. The molecule has 16 heavy (non-hydrogen) atoms. The molecule has 0 heterocycles. The van der Waals surface area contributed by atoms with Gasteiger partial charge in [-0.05, 0) is 24.6 Å². The molecule has 1 aromatic rings. The summed E-state index contributed by atoms with van der Waals surface area (Å²) < 4.78 is 5.09. The molecule has 0 bridgehead atoms. The summed E-state index contributed by atoms with van der Waals surface area (Å²) in [5.74, 6) is 0.431. The van der Waals surface area contributed by atoms with Crippen LogP contribution in [-0.2, 0) is 4.79 Å².